The number of hydrogen-bond donors (Lipinski definition) is 2. The van der Waals surface area contributed by atoms with E-state index in [0.29, 0.717) is 10.9 Å². The molecule has 1 unspecified atom stereocenters. The average Bonchev–Trinajstić information content (AvgIpc) is 2.43. The van der Waals surface area contributed by atoms with Gasteiger partial charge in [0.15, 0.2) is 0 Å². The molecule has 0 bridgehead atoms. The second kappa shape index (κ2) is 8.81. The maximum absolute atomic E-state index is 11.1. The lowest BCUT2D eigenvalue weighted by molar-refractivity contribution is -0.384. The third-order valence-electron chi connectivity index (χ3n) is 2.89. The molecule has 0 amide bonds. The molecule has 0 spiro atoms. The molecule has 1 aromatic rings. The van der Waals surface area contributed by atoms with Crippen LogP contribution in [0.15, 0.2) is 18.2 Å². The lowest BCUT2D eigenvalue weighted by Crippen LogP contribution is -2.04. The van der Waals surface area contributed by atoms with Gasteiger partial charge in [-0.1, -0.05) is 19.9 Å². The van der Waals surface area contributed by atoms with Crippen molar-refractivity contribution in [1.82, 2.24) is 0 Å². The van der Waals surface area contributed by atoms with Crippen molar-refractivity contribution in [2.75, 3.05) is 18.5 Å². The molecule has 0 saturated heterocycles. The van der Waals surface area contributed by atoms with E-state index < -0.39 is 0 Å². The third kappa shape index (κ3) is 5.38. The predicted molar refractivity (Wildman–Crippen MR) is 84.3 cm³/mol. The van der Waals surface area contributed by atoms with Gasteiger partial charge in [-0.3, -0.25) is 10.1 Å². The molecular weight excluding hydrogens is 276 g/mol. The molecule has 6 heteroatoms. The first-order valence-corrected chi connectivity index (χ1v) is 7.87. The van der Waals surface area contributed by atoms with Crippen LogP contribution in [0.3, 0.4) is 0 Å². The number of aliphatic hydroxyl groups excluding tert-OH is 1. The molecule has 1 rings (SSSR count). The normalized spacial score (nSPS) is 12.2. The van der Waals surface area contributed by atoms with Crippen LogP contribution in [0.1, 0.15) is 32.3 Å². The van der Waals surface area contributed by atoms with Crippen molar-refractivity contribution in [1.29, 1.82) is 0 Å². The van der Waals surface area contributed by atoms with E-state index in [9.17, 15) is 10.1 Å². The molecule has 0 aromatic heterocycles. The number of benzene rings is 1. The number of nitro groups is 1. The van der Waals surface area contributed by atoms with Gasteiger partial charge in [-0.25, -0.2) is 0 Å². The lowest BCUT2D eigenvalue weighted by Gasteiger charge is -2.11. The van der Waals surface area contributed by atoms with E-state index in [2.05, 4.69) is 5.32 Å². The summed E-state index contributed by atoms with van der Waals surface area (Å²) in [6.45, 7) is 4.97. The van der Waals surface area contributed by atoms with Crippen LogP contribution in [0.2, 0.25) is 0 Å². The van der Waals surface area contributed by atoms with Crippen molar-refractivity contribution in [2.24, 2.45) is 0 Å². The van der Waals surface area contributed by atoms with Gasteiger partial charge in [0.25, 0.3) is 5.69 Å². The Kier molecular flexibility index (Phi) is 7.40. The Labute approximate surface area is 123 Å². The highest BCUT2D eigenvalue weighted by Gasteiger charge is 2.14. The first-order chi connectivity index (χ1) is 9.58. The molecule has 0 aliphatic heterocycles. The number of anilines is 1. The van der Waals surface area contributed by atoms with Crippen LogP contribution in [0.25, 0.3) is 0 Å². The highest BCUT2D eigenvalue weighted by molar-refractivity contribution is 7.99. The van der Waals surface area contributed by atoms with Gasteiger partial charge in [0, 0.05) is 30.2 Å². The van der Waals surface area contributed by atoms with Crippen LogP contribution >= 0.6 is 11.8 Å². The number of nitro benzene ring substituents is 1. The van der Waals surface area contributed by atoms with Crippen LogP contribution < -0.4 is 5.32 Å². The Morgan fingerprint density at radius 2 is 2.25 bits per heavy atom. The van der Waals surface area contributed by atoms with Crippen molar-refractivity contribution in [3.05, 3.63) is 33.9 Å². The van der Waals surface area contributed by atoms with Gasteiger partial charge in [0.1, 0.15) is 5.69 Å². The second-order valence-electron chi connectivity index (χ2n) is 4.67. The Morgan fingerprint density at radius 1 is 1.50 bits per heavy atom. The lowest BCUT2D eigenvalue weighted by atomic mass is 10.2. The standard InChI is InChI=1S/C14H22N2O3S/c1-3-7-15-13-5-4-12(9-14(13)16(18)19)10-20-11(2)6-8-17/h4-5,9,11,15,17H,3,6-8,10H2,1-2H3. The fourth-order valence-electron chi connectivity index (χ4n) is 1.73. The summed E-state index contributed by atoms with van der Waals surface area (Å²) in [6.07, 6.45) is 1.66. The van der Waals surface area contributed by atoms with Gasteiger partial charge in [0.05, 0.1) is 4.92 Å². The number of aliphatic hydroxyl groups is 1. The van der Waals surface area contributed by atoms with E-state index in [4.69, 9.17) is 5.11 Å². The van der Waals surface area contributed by atoms with E-state index >= 15 is 0 Å². The van der Waals surface area contributed by atoms with Crippen LogP contribution in [0, 0.1) is 10.1 Å². The summed E-state index contributed by atoms with van der Waals surface area (Å²) in [5, 5.41) is 23.4. The van der Waals surface area contributed by atoms with Gasteiger partial charge in [-0.15, -0.1) is 0 Å². The fraction of sp³-hybridized carbons (Fsp3) is 0.571. The van der Waals surface area contributed by atoms with Crippen LogP contribution in [0.5, 0.6) is 0 Å². The average molecular weight is 298 g/mol. The zero-order valence-corrected chi connectivity index (χ0v) is 12.8. The summed E-state index contributed by atoms with van der Waals surface area (Å²) < 4.78 is 0. The monoisotopic (exact) mass is 298 g/mol. The quantitative estimate of drug-likeness (QED) is 0.539. The van der Waals surface area contributed by atoms with Crippen LogP contribution in [-0.2, 0) is 5.75 Å². The summed E-state index contributed by atoms with van der Waals surface area (Å²) >= 11 is 1.70. The van der Waals surface area contributed by atoms with Crippen molar-refractivity contribution in [2.45, 2.75) is 37.7 Å². The topological polar surface area (TPSA) is 75.4 Å². The molecule has 5 nitrogen and oxygen atoms in total. The predicted octanol–water partition coefficient (Wildman–Crippen LogP) is 3.42. The van der Waals surface area contributed by atoms with E-state index in [1.165, 1.54) is 0 Å². The largest absolute Gasteiger partial charge is 0.396 e. The van der Waals surface area contributed by atoms with E-state index in [-0.39, 0.29) is 17.2 Å². The minimum absolute atomic E-state index is 0.131. The Morgan fingerprint density at radius 3 is 2.85 bits per heavy atom. The maximum Gasteiger partial charge on any atom is 0.292 e. The first kappa shape index (κ1) is 16.8. The Hall–Kier alpha value is -1.27. The minimum atomic E-state index is -0.344. The van der Waals surface area contributed by atoms with E-state index in [0.717, 1.165) is 30.7 Å². The molecule has 1 atom stereocenters. The second-order valence-corrected chi connectivity index (χ2v) is 6.10. The van der Waals surface area contributed by atoms with Crippen molar-refractivity contribution >= 4 is 23.1 Å². The summed E-state index contributed by atoms with van der Waals surface area (Å²) in [5.74, 6) is 0.718. The summed E-state index contributed by atoms with van der Waals surface area (Å²) in [7, 11) is 0. The highest BCUT2D eigenvalue weighted by atomic mass is 32.2. The van der Waals surface area contributed by atoms with Gasteiger partial charge in [-0.05, 0) is 24.5 Å². The molecule has 0 saturated carbocycles. The number of nitrogens with zero attached hydrogens (tertiary/aromatic N) is 1. The minimum Gasteiger partial charge on any atom is -0.396 e. The maximum atomic E-state index is 11.1. The van der Waals surface area contributed by atoms with Gasteiger partial charge < -0.3 is 10.4 Å². The van der Waals surface area contributed by atoms with E-state index in [1.54, 1.807) is 23.9 Å². The zero-order chi connectivity index (χ0) is 15.0. The number of hydrogen-bond acceptors (Lipinski definition) is 5. The van der Waals surface area contributed by atoms with Crippen molar-refractivity contribution in [3.8, 4) is 0 Å². The highest BCUT2D eigenvalue weighted by Crippen LogP contribution is 2.28. The molecular formula is C14H22N2O3S. The van der Waals surface area contributed by atoms with Crippen molar-refractivity contribution < 1.29 is 10.0 Å². The summed E-state index contributed by atoms with van der Waals surface area (Å²) in [4.78, 5) is 10.8. The smallest absolute Gasteiger partial charge is 0.292 e. The molecule has 0 aliphatic carbocycles. The molecule has 0 aliphatic rings. The van der Waals surface area contributed by atoms with E-state index in [1.807, 2.05) is 19.9 Å². The molecule has 1 aromatic carbocycles. The molecule has 0 fully saturated rings. The third-order valence-corrected chi connectivity index (χ3v) is 4.20. The van der Waals surface area contributed by atoms with Crippen molar-refractivity contribution in [3.63, 3.8) is 0 Å². The van der Waals surface area contributed by atoms with Gasteiger partial charge in [-0.2, -0.15) is 11.8 Å². The molecule has 112 valence electrons. The number of thioether (sulfide) groups is 1. The Bertz CT molecular complexity index is 440. The molecule has 0 radical (unpaired) electrons. The van der Waals surface area contributed by atoms with Gasteiger partial charge in [0.2, 0.25) is 0 Å². The Balaban J connectivity index is 2.74. The number of rotatable bonds is 9. The fourth-order valence-corrected chi connectivity index (χ4v) is 2.66. The zero-order valence-electron chi connectivity index (χ0n) is 12.0. The molecule has 2 N–H and O–H groups in total. The van der Waals surface area contributed by atoms with Gasteiger partial charge >= 0.3 is 0 Å². The van der Waals surface area contributed by atoms with Crippen LogP contribution in [0.4, 0.5) is 11.4 Å². The molecule has 0 heterocycles. The summed E-state index contributed by atoms with van der Waals surface area (Å²) in [5.41, 5.74) is 1.65. The number of nitrogens with one attached hydrogen (secondary N) is 1. The summed E-state index contributed by atoms with van der Waals surface area (Å²) in [6, 6.07) is 5.33. The van der Waals surface area contributed by atoms with Crippen LogP contribution in [-0.4, -0.2) is 28.4 Å². The first-order valence-electron chi connectivity index (χ1n) is 6.82. The SMILES string of the molecule is CCCNc1ccc(CSC(C)CCO)cc1[N+](=O)[O-]. The molecule has 20 heavy (non-hydrogen) atoms.